The molecule has 0 fully saturated rings. The van der Waals surface area contributed by atoms with Gasteiger partial charge in [0.2, 0.25) is 5.69 Å². The fraction of sp³-hybridized carbons (Fsp3) is 0.250. The van der Waals surface area contributed by atoms with E-state index in [2.05, 4.69) is 69.8 Å². The van der Waals surface area contributed by atoms with Crippen LogP contribution in [0.25, 0.3) is 33.2 Å². The van der Waals surface area contributed by atoms with Crippen molar-refractivity contribution in [2.45, 2.75) is 33.6 Å². The molecule has 27 heavy (non-hydrogen) atoms. The molecule has 2 aromatic heterocycles. The minimum Gasteiger partial charge on any atom is -0.455 e. The first-order valence-electron chi connectivity index (χ1n) is 9.28. The highest BCUT2D eigenvalue weighted by molar-refractivity contribution is 6.12. The molecule has 0 bridgehead atoms. The third-order valence-corrected chi connectivity index (χ3v) is 5.35. The summed E-state index contributed by atoms with van der Waals surface area (Å²) >= 11 is 0. The first-order chi connectivity index (χ1) is 12.9. The van der Waals surface area contributed by atoms with Crippen molar-refractivity contribution in [3.8, 4) is 17.3 Å². The van der Waals surface area contributed by atoms with E-state index in [1.54, 1.807) is 0 Å². The van der Waals surface area contributed by atoms with Crippen LogP contribution in [-0.4, -0.2) is 0 Å². The molecule has 4 rings (SSSR count). The summed E-state index contributed by atoms with van der Waals surface area (Å²) in [6.07, 6.45) is 2.05. The van der Waals surface area contributed by atoms with Gasteiger partial charge in [0.1, 0.15) is 18.2 Å². The number of rotatable bonds is 2. The molecule has 0 N–H and O–H groups in total. The molecule has 0 saturated carbocycles. The molecule has 0 unspecified atom stereocenters. The Kier molecular flexibility index (Phi) is 4.00. The number of aryl methyl sites for hydroxylation is 3. The molecule has 0 aliphatic carbocycles. The largest absolute Gasteiger partial charge is 0.455 e. The van der Waals surface area contributed by atoms with E-state index < -0.39 is 0 Å². The molecule has 0 spiro atoms. The fourth-order valence-electron chi connectivity index (χ4n) is 4.17. The van der Waals surface area contributed by atoms with Crippen LogP contribution in [0.5, 0.6) is 0 Å². The first kappa shape index (κ1) is 17.3. The Balaban J connectivity index is 2.23. The lowest BCUT2D eigenvalue weighted by molar-refractivity contribution is -0.660. The van der Waals surface area contributed by atoms with E-state index in [9.17, 15) is 5.26 Å². The number of furan rings is 1. The SMILES string of the molecule is Cc1cc(C)c2c(oc3c(C(C)C)c(C#N)ccc32)c1-c1cccc[n+]1C. The van der Waals surface area contributed by atoms with Crippen LogP contribution >= 0.6 is 0 Å². The quantitative estimate of drug-likeness (QED) is 0.433. The van der Waals surface area contributed by atoms with Crippen molar-refractivity contribution in [2.75, 3.05) is 0 Å². The Morgan fingerprint density at radius 2 is 1.81 bits per heavy atom. The Morgan fingerprint density at radius 3 is 2.48 bits per heavy atom. The zero-order valence-corrected chi connectivity index (χ0v) is 16.4. The van der Waals surface area contributed by atoms with Gasteiger partial charge in [-0.25, -0.2) is 4.57 Å². The Labute approximate surface area is 159 Å². The van der Waals surface area contributed by atoms with Crippen LogP contribution in [-0.2, 0) is 7.05 Å². The zero-order chi connectivity index (χ0) is 19.3. The highest BCUT2D eigenvalue weighted by Gasteiger charge is 2.24. The second-order valence-corrected chi connectivity index (χ2v) is 7.56. The molecule has 0 radical (unpaired) electrons. The van der Waals surface area contributed by atoms with Crippen LogP contribution in [0.4, 0.5) is 0 Å². The number of aromatic nitrogens is 1. The van der Waals surface area contributed by atoms with E-state index in [0.29, 0.717) is 5.56 Å². The minimum atomic E-state index is 0.210. The molecule has 0 aliphatic heterocycles. The van der Waals surface area contributed by atoms with Gasteiger partial charge >= 0.3 is 0 Å². The van der Waals surface area contributed by atoms with Gasteiger partial charge in [0.15, 0.2) is 6.20 Å². The number of nitrogens with zero attached hydrogens (tertiary/aromatic N) is 2. The second kappa shape index (κ2) is 6.25. The Hall–Kier alpha value is -3.12. The maximum atomic E-state index is 9.57. The third-order valence-electron chi connectivity index (χ3n) is 5.35. The van der Waals surface area contributed by atoms with E-state index >= 15 is 0 Å². The molecule has 3 heteroatoms. The molecule has 134 valence electrons. The highest BCUT2D eigenvalue weighted by Crippen LogP contribution is 2.42. The molecular weight excluding hydrogens is 332 g/mol. The lowest BCUT2D eigenvalue weighted by Gasteiger charge is -2.08. The molecule has 0 aliphatic rings. The number of fused-ring (bicyclic) bond motifs is 3. The summed E-state index contributed by atoms with van der Waals surface area (Å²) in [5, 5.41) is 11.8. The van der Waals surface area contributed by atoms with Crippen molar-refractivity contribution in [3.63, 3.8) is 0 Å². The number of nitriles is 1. The summed E-state index contributed by atoms with van der Waals surface area (Å²) < 4.78 is 8.64. The van der Waals surface area contributed by atoms with Gasteiger partial charge in [-0.3, -0.25) is 0 Å². The lowest BCUT2D eigenvalue weighted by atomic mass is 9.93. The normalized spacial score (nSPS) is 11.4. The van der Waals surface area contributed by atoms with E-state index in [-0.39, 0.29) is 5.92 Å². The predicted octanol–water partition coefficient (Wildman–Crippen LogP) is 5.69. The van der Waals surface area contributed by atoms with Gasteiger partial charge in [-0.2, -0.15) is 5.26 Å². The summed E-state index contributed by atoms with van der Waals surface area (Å²) in [5.74, 6) is 0.210. The Bertz CT molecular complexity index is 1240. The third kappa shape index (κ3) is 2.52. The van der Waals surface area contributed by atoms with Gasteiger partial charge < -0.3 is 4.42 Å². The van der Waals surface area contributed by atoms with Crippen molar-refractivity contribution in [1.82, 2.24) is 0 Å². The molecule has 3 nitrogen and oxygen atoms in total. The maximum absolute atomic E-state index is 9.57. The molecule has 0 saturated heterocycles. The van der Waals surface area contributed by atoms with Crippen LogP contribution in [0.15, 0.2) is 47.0 Å². The van der Waals surface area contributed by atoms with Crippen molar-refractivity contribution < 1.29 is 8.98 Å². The second-order valence-electron chi connectivity index (χ2n) is 7.56. The highest BCUT2D eigenvalue weighted by atomic mass is 16.3. The van der Waals surface area contributed by atoms with Crippen molar-refractivity contribution in [3.05, 3.63) is 64.8 Å². The van der Waals surface area contributed by atoms with Gasteiger partial charge in [-0.15, -0.1) is 0 Å². The summed E-state index contributed by atoms with van der Waals surface area (Å²) in [7, 11) is 2.05. The smallest absolute Gasteiger partial charge is 0.216 e. The standard InChI is InChI=1S/C24H23N2O/c1-14(2)20-17(13-25)9-10-18-21-15(3)12-16(4)22(24(21)27-23(18)20)19-8-6-7-11-26(19)5/h6-12,14H,1-5H3/q+1. The minimum absolute atomic E-state index is 0.210. The van der Waals surface area contributed by atoms with Crippen LogP contribution in [0.2, 0.25) is 0 Å². The van der Waals surface area contributed by atoms with Crippen LogP contribution < -0.4 is 4.57 Å². The first-order valence-corrected chi connectivity index (χ1v) is 9.28. The molecule has 2 aromatic carbocycles. The van der Waals surface area contributed by atoms with Crippen molar-refractivity contribution >= 4 is 21.9 Å². The number of pyridine rings is 1. The molecular formula is C24H23N2O+. The summed E-state index contributed by atoms with van der Waals surface area (Å²) in [5.41, 5.74) is 8.04. The average molecular weight is 355 g/mol. The molecule has 0 atom stereocenters. The van der Waals surface area contributed by atoms with E-state index in [1.165, 1.54) is 11.1 Å². The summed E-state index contributed by atoms with van der Waals surface area (Å²) in [4.78, 5) is 0. The zero-order valence-electron chi connectivity index (χ0n) is 16.4. The van der Waals surface area contributed by atoms with Gasteiger partial charge in [0.25, 0.3) is 0 Å². The fourth-order valence-corrected chi connectivity index (χ4v) is 4.17. The van der Waals surface area contributed by atoms with Crippen LogP contribution in [0, 0.1) is 25.2 Å². The van der Waals surface area contributed by atoms with Gasteiger partial charge in [0, 0.05) is 28.5 Å². The van der Waals surface area contributed by atoms with Crippen LogP contribution in [0.3, 0.4) is 0 Å². The van der Waals surface area contributed by atoms with Crippen molar-refractivity contribution in [1.29, 1.82) is 5.26 Å². The molecule has 0 amide bonds. The molecule has 4 aromatic rings. The van der Waals surface area contributed by atoms with Gasteiger partial charge in [-0.05, 0) is 49.1 Å². The molecule has 2 heterocycles. The van der Waals surface area contributed by atoms with E-state index in [4.69, 9.17) is 4.42 Å². The monoisotopic (exact) mass is 355 g/mol. The maximum Gasteiger partial charge on any atom is 0.216 e. The predicted molar refractivity (Wildman–Crippen MR) is 109 cm³/mol. The van der Waals surface area contributed by atoms with Gasteiger partial charge in [-0.1, -0.05) is 19.9 Å². The van der Waals surface area contributed by atoms with Gasteiger partial charge in [0.05, 0.1) is 17.2 Å². The Morgan fingerprint density at radius 1 is 1.04 bits per heavy atom. The van der Waals surface area contributed by atoms with Crippen molar-refractivity contribution in [2.24, 2.45) is 7.05 Å². The topological polar surface area (TPSA) is 40.8 Å². The number of hydrogen-bond acceptors (Lipinski definition) is 2. The average Bonchev–Trinajstić information content (AvgIpc) is 3.01. The van der Waals surface area contributed by atoms with Crippen LogP contribution in [0.1, 0.15) is 42.0 Å². The summed E-state index contributed by atoms with van der Waals surface area (Å²) in [6.45, 7) is 8.48. The summed E-state index contributed by atoms with van der Waals surface area (Å²) in [6, 6.07) is 14.7. The van der Waals surface area contributed by atoms with E-state index in [0.717, 1.165) is 38.8 Å². The van der Waals surface area contributed by atoms with E-state index in [1.807, 2.05) is 18.2 Å². The number of hydrogen-bond donors (Lipinski definition) is 0. The lowest BCUT2D eigenvalue weighted by Crippen LogP contribution is -2.30. The number of benzene rings is 2.